The number of hydrogen-bond donors (Lipinski definition) is 2. The lowest BCUT2D eigenvalue weighted by Crippen LogP contribution is -2.16. The summed E-state index contributed by atoms with van der Waals surface area (Å²) in [4.78, 5) is 21.6. The van der Waals surface area contributed by atoms with E-state index < -0.39 is 10.0 Å². The summed E-state index contributed by atoms with van der Waals surface area (Å²) in [7, 11) is -3.88. The molecule has 5 aromatic rings. The number of rotatable bonds is 6. The van der Waals surface area contributed by atoms with Gasteiger partial charge in [0.05, 0.1) is 38.4 Å². The van der Waals surface area contributed by atoms with Crippen LogP contribution in [0.1, 0.15) is 11.4 Å². The van der Waals surface area contributed by atoms with E-state index in [1.54, 1.807) is 27.6 Å². The monoisotopic (exact) mass is 504 g/mol. The van der Waals surface area contributed by atoms with Crippen molar-refractivity contribution < 1.29 is 13.2 Å². The molecule has 176 valence electrons. The zero-order chi connectivity index (χ0) is 24.6. The van der Waals surface area contributed by atoms with Crippen molar-refractivity contribution in [3.8, 4) is 17.1 Å². The number of pyridine rings is 1. The lowest BCUT2D eigenvalue weighted by Gasteiger charge is -2.07. The largest absolute Gasteiger partial charge is 0.326 e. The summed E-state index contributed by atoms with van der Waals surface area (Å²) in [6.45, 7) is 1.90. The van der Waals surface area contributed by atoms with Crippen molar-refractivity contribution in [2.45, 2.75) is 18.2 Å². The third kappa shape index (κ3) is 4.97. The Labute approximate surface area is 205 Å². The molecular formula is C24H20N6O3S2. The minimum absolute atomic E-state index is 0.0196. The van der Waals surface area contributed by atoms with Gasteiger partial charge < -0.3 is 5.32 Å². The first-order valence-corrected chi connectivity index (χ1v) is 13.0. The average Bonchev–Trinajstić information content (AvgIpc) is 3.45. The van der Waals surface area contributed by atoms with Gasteiger partial charge in [0.2, 0.25) is 15.9 Å². The standard InChI is InChI=1S/C24H20N6O3S2/c1-15-4-2-7-23(27-15)30-21(16-8-9-20-22(10-16)34-14-26-20)12-18(29-30)13-24(31)28-17-5-3-6-19(11-17)35(25,32)33/h2-12,14H,13H2,1H3,(H,28,31)(H2,25,32,33). The number of nitrogens with two attached hydrogens (primary N) is 1. The van der Waals surface area contributed by atoms with E-state index in [0.29, 0.717) is 17.2 Å². The molecule has 0 fully saturated rings. The molecule has 0 aliphatic rings. The number of carbonyl (C=O) groups is 1. The molecule has 0 aliphatic heterocycles. The van der Waals surface area contributed by atoms with E-state index in [1.807, 2.05) is 49.4 Å². The molecule has 0 unspecified atom stereocenters. The van der Waals surface area contributed by atoms with Crippen molar-refractivity contribution in [2.75, 3.05) is 5.32 Å². The zero-order valence-corrected chi connectivity index (χ0v) is 20.2. The lowest BCUT2D eigenvalue weighted by molar-refractivity contribution is -0.115. The smallest absolute Gasteiger partial charge is 0.238 e. The second-order valence-corrected chi connectivity index (χ2v) is 10.4. The van der Waals surface area contributed by atoms with Gasteiger partial charge in [-0.25, -0.2) is 28.2 Å². The van der Waals surface area contributed by atoms with E-state index in [4.69, 9.17) is 5.14 Å². The van der Waals surface area contributed by atoms with E-state index in [2.05, 4.69) is 20.4 Å². The maximum absolute atomic E-state index is 12.8. The van der Waals surface area contributed by atoms with Crippen LogP contribution in [0.4, 0.5) is 5.69 Å². The third-order valence-corrected chi connectivity index (χ3v) is 6.97. The first kappa shape index (κ1) is 22.8. The molecule has 0 radical (unpaired) electrons. The lowest BCUT2D eigenvalue weighted by atomic mass is 10.1. The van der Waals surface area contributed by atoms with Gasteiger partial charge >= 0.3 is 0 Å². The number of carbonyl (C=O) groups excluding carboxylic acids is 1. The van der Waals surface area contributed by atoms with E-state index >= 15 is 0 Å². The van der Waals surface area contributed by atoms with E-state index in [9.17, 15) is 13.2 Å². The van der Waals surface area contributed by atoms with Crippen LogP contribution < -0.4 is 10.5 Å². The maximum atomic E-state index is 12.8. The highest BCUT2D eigenvalue weighted by atomic mass is 32.2. The molecule has 3 heterocycles. The molecule has 2 aromatic carbocycles. The van der Waals surface area contributed by atoms with E-state index in [-0.39, 0.29) is 17.2 Å². The predicted octanol–water partition coefficient (Wildman–Crippen LogP) is 3.68. The van der Waals surface area contributed by atoms with Crippen LogP contribution in [0.15, 0.2) is 77.1 Å². The van der Waals surface area contributed by atoms with Crippen LogP contribution in [0.25, 0.3) is 27.3 Å². The normalized spacial score (nSPS) is 11.6. The van der Waals surface area contributed by atoms with Crippen LogP contribution in [0, 0.1) is 6.92 Å². The molecule has 0 saturated carbocycles. The summed E-state index contributed by atoms with van der Waals surface area (Å²) in [5, 5.41) is 12.6. The number of fused-ring (bicyclic) bond motifs is 1. The van der Waals surface area contributed by atoms with Gasteiger partial charge in [0.25, 0.3) is 0 Å². The molecule has 0 spiro atoms. The molecule has 9 nitrogen and oxygen atoms in total. The summed E-state index contributed by atoms with van der Waals surface area (Å²) in [5.74, 6) is 0.291. The topological polar surface area (TPSA) is 133 Å². The summed E-state index contributed by atoms with van der Waals surface area (Å²) < 4.78 is 26.0. The number of anilines is 1. The van der Waals surface area contributed by atoms with Crippen molar-refractivity contribution in [3.05, 3.63) is 83.6 Å². The Kier molecular flexibility index (Phi) is 5.89. The van der Waals surface area contributed by atoms with Gasteiger partial charge in [-0.3, -0.25) is 4.79 Å². The molecule has 0 saturated heterocycles. The van der Waals surface area contributed by atoms with Gasteiger partial charge in [-0.05, 0) is 55.5 Å². The van der Waals surface area contributed by atoms with Crippen LogP contribution in [-0.4, -0.2) is 34.1 Å². The van der Waals surface area contributed by atoms with Crippen LogP contribution in [-0.2, 0) is 21.2 Å². The first-order chi connectivity index (χ1) is 16.8. The molecule has 3 N–H and O–H groups in total. The van der Waals surface area contributed by atoms with Crippen LogP contribution >= 0.6 is 11.3 Å². The Balaban J connectivity index is 1.48. The van der Waals surface area contributed by atoms with Crippen molar-refractivity contribution >= 4 is 43.2 Å². The number of thiazole rings is 1. The summed E-state index contributed by atoms with van der Waals surface area (Å²) in [5.41, 5.74) is 6.14. The van der Waals surface area contributed by atoms with Gasteiger partial charge in [0.15, 0.2) is 5.82 Å². The summed E-state index contributed by atoms with van der Waals surface area (Å²) >= 11 is 1.55. The van der Waals surface area contributed by atoms with Crippen LogP contribution in [0.3, 0.4) is 0 Å². The van der Waals surface area contributed by atoms with E-state index in [1.165, 1.54) is 18.2 Å². The number of aromatic nitrogens is 4. The van der Waals surface area contributed by atoms with Gasteiger partial charge in [-0.1, -0.05) is 18.2 Å². The fourth-order valence-electron chi connectivity index (χ4n) is 3.68. The molecular weight excluding hydrogens is 484 g/mol. The fourth-order valence-corrected chi connectivity index (χ4v) is 4.95. The number of hydrogen-bond acceptors (Lipinski definition) is 7. The summed E-state index contributed by atoms with van der Waals surface area (Å²) in [6.07, 6.45) is -0.0196. The molecule has 1 amide bonds. The highest BCUT2D eigenvalue weighted by Gasteiger charge is 2.17. The van der Waals surface area contributed by atoms with Crippen LogP contribution in [0.2, 0.25) is 0 Å². The Hall–Kier alpha value is -3.93. The van der Waals surface area contributed by atoms with E-state index in [0.717, 1.165) is 27.2 Å². The highest BCUT2D eigenvalue weighted by molar-refractivity contribution is 7.89. The second kappa shape index (κ2) is 9.02. The zero-order valence-electron chi connectivity index (χ0n) is 18.5. The van der Waals surface area contributed by atoms with Gasteiger partial charge in [-0.2, -0.15) is 5.10 Å². The van der Waals surface area contributed by atoms with Crippen molar-refractivity contribution in [3.63, 3.8) is 0 Å². The molecule has 0 atom stereocenters. The number of benzene rings is 2. The first-order valence-electron chi connectivity index (χ1n) is 10.6. The minimum Gasteiger partial charge on any atom is -0.326 e. The maximum Gasteiger partial charge on any atom is 0.238 e. The molecule has 3 aromatic heterocycles. The Bertz CT molecular complexity index is 1670. The van der Waals surface area contributed by atoms with Crippen molar-refractivity contribution in [1.82, 2.24) is 19.7 Å². The molecule has 11 heteroatoms. The van der Waals surface area contributed by atoms with Crippen molar-refractivity contribution in [2.24, 2.45) is 5.14 Å². The second-order valence-electron chi connectivity index (χ2n) is 7.90. The Morgan fingerprint density at radius 3 is 2.71 bits per heavy atom. The average molecular weight is 505 g/mol. The SMILES string of the molecule is Cc1cccc(-n2nc(CC(=O)Nc3cccc(S(N)(=O)=O)c3)cc2-c2ccc3ncsc3c2)n1. The van der Waals surface area contributed by atoms with Crippen LogP contribution in [0.5, 0.6) is 0 Å². The van der Waals surface area contributed by atoms with Gasteiger partial charge in [-0.15, -0.1) is 11.3 Å². The number of amides is 1. The number of nitrogens with one attached hydrogen (secondary N) is 1. The van der Waals surface area contributed by atoms with Crippen molar-refractivity contribution in [1.29, 1.82) is 0 Å². The Morgan fingerprint density at radius 1 is 1.09 bits per heavy atom. The molecule has 0 aliphatic carbocycles. The van der Waals surface area contributed by atoms with Gasteiger partial charge in [0, 0.05) is 16.9 Å². The number of nitrogens with zero attached hydrogens (tertiary/aromatic N) is 4. The molecule has 35 heavy (non-hydrogen) atoms. The highest BCUT2D eigenvalue weighted by Crippen LogP contribution is 2.28. The number of primary sulfonamides is 1. The fraction of sp³-hybridized carbons (Fsp3) is 0.0833. The number of aryl methyl sites for hydroxylation is 1. The molecule has 5 rings (SSSR count). The van der Waals surface area contributed by atoms with Gasteiger partial charge in [0.1, 0.15) is 0 Å². The number of sulfonamides is 1. The Morgan fingerprint density at radius 2 is 1.91 bits per heavy atom. The quantitative estimate of drug-likeness (QED) is 0.362. The predicted molar refractivity (Wildman–Crippen MR) is 135 cm³/mol. The molecule has 0 bridgehead atoms. The minimum atomic E-state index is -3.88. The third-order valence-electron chi connectivity index (χ3n) is 5.27. The summed E-state index contributed by atoms with van der Waals surface area (Å²) in [6, 6.07) is 19.3.